The van der Waals surface area contributed by atoms with Crippen molar-refractivity contribution in [3.05, 3.63) is 5.69 Å². The summed E-state index contributed by atoms with van der Waals surface area (Å²) in [6.07, 6.45) is 1.07. The first-order valence-corrected chi connectivity index (χ1v) is 5.75. The Kier molecular flexibility index (Phi) is 3.33. The molecule has 0 radical (unpaired) electrons. The van der Waals surface area contributed by atoms with E-state index in [1.54, 1.807) is 4.68 Å². The predicted octanol–water partition coefficient (Wildman–Crippen LogP) is 1.21. The number of nitrogens with two attached hydrogens (primary N) is 1. The lowest BCUT2D eigenvalue weighted by molar-refractivity contribution is 0.163. The number of hydrogen-bond donors (Lipinski definition) is 1. The molecule has 0 aliphatic carbocycles. The molecule has 5 heteroatoms. The molecule has 1 aliphatic heterocycles. The highest BCUT2D eigenvalue weighted by Crippen LogP contribution is 2.26. The molecule has 2 N–H and O–H groups in total. The van der Waals surface area contributed by atoms with Crippen LogP contribution in [0.3, 0.4) is 0 Å². The Labute approximate surface area is 95.5 Å². The van der Waals surface area contributed by atoms with Crippen LogP contribution in [0.25, 0.3) is 0 Å². The number of nitrogen functional groups attached to an aromatic ring is 1. The van der Waals surface area contributed by atoms with Crippen LogP contribution < -0.4 is 10.5 Å². The maximum Gasteiger partial charge on any atom is 0.236 e. The van der Waals surface area contributed by atoms with E-state index >= 15 is 0 Å². The van der Waals surface area contributed by atoms with Crippen LogP contribution in [0.1, 0.15) is 19.0 Å². The van der Waals surface area contributed by atoms with Gasteiger partial charge in [0.2, 0.25) is 5.88 Å². The second-order valence-corrected chi connectivity index (χ2v) is 4.16. The first-order valence-electron chi connectivity index (χ1n) is 5.75. The Balaban J connectivity index is 2.01. The molecule has 1 aromatic rings. The lowest BCUT2D eigenvalue weighted by Crippen LogP contribution is -2.14. The minimum absolute atomic E-state index is 0.486. The van der Waals surface area contributed by atoms with Gasteiger partial charge in [-0.15, -0.1) is 0 Å². The molecule has 1 atom stereocenters. The fourth-order valence-corrected chi connectivity index (χ4v) is 1.85. The van der Waals surface area contributed by atoms with Crippen LogP contribution in [-0.2, 0) is 11.3 Å². The summed E-state index contributed by atoms with van der Waals surface area (Å²) in [5.74, 6) is 1.19. The van der Waals surface area contributed by atoms with Crippen LogP contribution in [0.4, 0.5) is 5.69 Å². The maximum absolute atomic E-state index is 5.92. The lowest BCUT2D eigenvalue weighted by Gasteiger charge is -2.11. The lowest BCUT2D eigenvalue weighted by atomic mass is 10.1. The van der Waals surface area contributed by atoms with Gasteiger partial charge in [0.05, 0.1) is 18.9 Å². The summed E-state index contributed by atoms with van der Waals surface area (Å²) in [6, 6.07) is 0. The molecule has 2 heterocycles. The van der Waals surface area contributed by atoms with Crippen molar-refractivity contribution in [2.75, 3.05) is 25.6 Å². The van der Waals surface area contributed by atoms with Crippen molar-refractivity contribution >= 4 is 5.69 Å². The quantitative estimate of drug-likeness (QED) is 0.836. The van der Waals surface area contributed by atoms with Gasteiger partial charge in [-0.25, -0.2) is 4.68 Å². The number of hydrogen-bond acceptors (Lipinski definition) is 4. The van der Waals surface area contributed by atoms with E-state index in [0.717, 1.165) is 31.9 Å². The van der Waals surface area contributed by atoms with Crippen LogP contribution in [0.5, 0.6) is 5.88 Å². The highest BCUT2D eigenvalue weighted by atomic mass is 16.5. The largest absolute Gasteiger partial charge is 0.476 e. The van der Waals surface area contributed by atoms with Crippen molar-refractivity contribution in [3.63, 3.8) is 0 Å². The Morgan fingerprint density at radius 3 is 3.06 bits per heavy atom. The molecule has 90 valence electrons. The van der Waals surface area contributed by atoms with Crippen LogP contribution in [-0.4, -0.2) is 29.6 Å². The van der Waals surface area contributed by atoms with E-state index in [-0.39, 0.29) is 0 Å². The average molecular weight is 225 g/mol. The van der Waals surface area contributed by atoms with Gasteiger partial charge in [-0.1, -0.05) is 0 Å². The summed E-state index contributed by atoms with van der Waals surface area (Å²) in [4.78, 5) is 0. The zero-order valence-electron chi connectivity index (χ0n) is 9.90. The highest BCUT2D eigenvalue weighted by molar-refractivity contribution is 5.52. The summed E-state index contributed by atoms with van der Waals surface area (Å²) in [6.45, 7) is 6.99. The Bertz CT molecular complexity index is 356. The Morgan fingerprint density at radius 2 is 2.44 bits per heavy atom. The second-order valence-electron chi connectivity index (χ2n) is 4.16. The summed E-state index contributed by atoms with van der Waals surface area (Å²) < 4.78 is 12.9. The van der Waals surface area contributed by atoms with Crippen molar-refractivity contribution in [1.29, 1.82) is 0 Å². The highest BCUT2D eigenvalue weighted by Gasteiger charge is 2.19. The number of aromatic nitrogens is 2. The normalized spacial score (nSPS) is 20.2. The second kappa shape index (κ2) is 4.74. The van der Waals surface area contributed by atoms with Gasteiger partial charge in [0.15, 0.2) is 0 Å². The molecule has 1 aliphatic rings. The number of nitrogens with zero attached hydrogens (tertiary/aromatic N) is 2. The van der Waals surface area contributed by atoms with E-state index in [1.807, 2.05) is 13.8 Å². The van der Waals surface area contributed by atoms with Gasteiger partial charge < -0.3 is 15.2 Å². The van der Waals surface area contributed by atoms with Crippen LogP contribution >= 0.6 is 0 Å². The van der Waals surface area contributed by atoms with E-state index in [0.29, 0.717) is 24.1 Å². The molecule has 2 rings (SSSR count). The molecule has 16 heavy (non-hydrogen) atoms. The molecule has 1 unspecified atom stereocenters. The molecule has 1 aromatic heterocycles. The van der Waals surface area contributed by atoms with E-state index < -0.39 is 0 Å². The molecule has 5 nitrogen and oxygen atoms in total. The molecular weight excluding hydrogens is 206 g/mol. The molecule has 1 fully saturated rings. The molecule has 0 amide bonds. The van der Waals surface area contributed by atoms with Gasteiger partial charge in [-0.2, -0.15) is 5.10 Å². The van der Waals surface area contributed by atoms with Crippen molar-refractivity contribution in [2.24, 2.45) is 5.92 Å². The molecule has 0 bridgehead atoms. The fourth-order valence-electron chi connectivity index (χ4n) is 1.85. The van der Waals surface area contributed by atoms with Gasteiger partial charge >= 0.3 is 0 Å². The topological polar surface area (TPSA) is 62.3 Å². The number of aryl methyl sites for hydroxylation is 2. The fraction of sp³-hybridized carbons (Fsp3) is 0.727. The zero-order valence-corrected chi connectivity index (χ0v) is 9.90. The summed E-state index contributed by atoms with van der Waals surface area (Å²) in [5, 5.41) is 4.31. The molecule has 0 spiro atoms. The average Bonchev–Trinajstić information content (AvgIpc) is 2.87. The molecule has 0 saturated carbocycles. The Hall–Kier alpha value is -1.23. The third kappa shape index (κ3) is 2.14. The summed E-state index contributed by atoms with van der Waals surface area (Å²) in [5.41, 5.74) is 7.41. The third-order valence-corrected chi connectivity index (χ3v) is 2.90. The SMILES string of the molecule is CCn1nc(C)c(N)c1OCC1CCOC1. The van der Waals surface area contributed by atoms with Crippen LogP contribution in [0, 0.1) is 12.8 Å². The monoisotopic (exact) mass is 225 g/mol. The minimum atomic E-state index is 0.486. The first-order chi connectivity index (χ1) is 7.72. The van der Waals surface area contributed by atoms with Gasteiger partial charge in [0.1, 0.15) is 5.69 Å². The molecule has 1 saturated heterocycles. The molecule has 0 aromatic carbocycles. The smallest absolute Gasteiger partial charge is 0.236 e. The summed E-state index contributed by atoms with van der Waals surface area (Å²) in [7, 11) is 0. The van der Waals surface area contributed by atoms with E-state index in [9.17, 15) is 0 Å². The number of ether oxygens (including phenoxy) is 2. The minimum Gasteiger partial charge on any atom is -0.476 e. The van der Waals surface area contributed by atoms with Crippen molar-refractivity contribution < 1.29 is 9.47 Å². The van der Waals surface area contributed by atoms with Gasteiger partial charge in [0, 0.05) is 19.1 Å². The van der Waals surface area contributed by atoms with E-state index in [1.165, 1.54) is 0 Å². The van der Waals surface area contributed by atoms with E-state index in [2.05, 4.69) is 5.10 Å². The van der Waals surface area contributed by atoms with Crippen LogP contribution in [0.2, 0.25) is 0 Å². The van der Waals surface area contributed by atoms with Crippen molar-refractivity contribution in [2.45, 2.75) is 26.8 Å². The first kappa shape index (κ1) is 11.3. The van der Waals surface area contributed by atoms with E-state index in [4.69, 9.17) is 15.2 Å². The van der Waals surface area contributed by atoms with Gasteiger partial charge in [0.25, 0.3) is 0 Å². The Morgan fingerprint density at radius 1 is 1.62 bits per heavy atom. The summed E-state index contributed by atoms with van der Waals surface area (Å²) >= 11 is 0. The third-order valence-electron chi connectivity index (χ3n) is 2.90. The molecular formula is C11H19N3O2. The predicted molar refractivity (Wildman–Crippen MR) is 61.5 cm³/mol. The number of anilines is 1. The van der Waals surface area contributed by atoms with Crippen molar-refractivity contribution in [1.82, 2.24) is 9.78 Å². The van der Waals surface area contributed by atoms with Gasteiger partial charge in [-0.05, 0) is 20.3 Å². The number of rotatable bonds is 4. The van der Waals surface area contributed by atoms with Gasteiger partial charge in [-0.3, -0.25) is 0 Å². The maximum atomic E-state index is 5.92. The van der Waals surface area contributed by atoms with Crippen molar-refractivity contribution in [3.8, 4) is 5.88 Å². The van der Waals surface area contributed by atoms with Crippen LogP contribution in [0.15, 0.2) is 0 Å². The zero-order chi connectivity index (χ0) is 11.5. The standard InChI is InChI=1S/C11H19N3O2/c1-3-14-11(10(12)8(2)13-14)16-7-9-4-5-15-6-9/h9H,3-7,12H2,1-2H3.